The van der Waals surface area contributed by atoms with E-state index in [2.05, 4.69) is 19.9 Å². The lowest BCUT2D eigenvalue weighted by atomic mass is 9.51. The maximum Gasteiger partial charge on any atom is 0.314 e. The van der Waals surface area contributed by atoms with Gasteiger partial charge in [-0.2, -0.15) is 0 Å². The van der Waals surface area contributed by atoms with Gasteiger partial charge in [-0.15, -0.1) is 0 Å². The quantitative estimate of drug-likeness (QED) is 0.572. The molecule has 0 heterocycles. The third kappa shape index (κ3) is 1.95. The van der Waals surface area contributed by atoms with Crippen molar-refractivity contribution < 1.29 is 19.8 Å². The van der Waals surface area contributed by atoms with Crippen LogP contribution in [0.15, 0.2) is 23.3 Å². The van der Waals surface area contributed by atoms with Crippen molar-refractivity contribution in [2.75, 3.05) is 0 Å². The van der Waals surface area contributed by atoms with Gasteiger partial charge in [0.1, 0.15) is 5.92 Å². The number of carboxylic acid groups (broad SMARTS) is 1. The fraction of sp³-hybridized carbons (Fsp3) is 0.700. The summed E-state index contributed by atoms with van der Waals surface area (Å²) >= 11 is 0. The summed E-state index contributed by atoms with van der Waals surface area (Å²) in [5.41, 5.74) is 2.13. The van der Waals surface area contributed by atoms with Crippen molar-refractivity contribution >= 4 is 11.8 Å². The molecule has 6 atom stereocenters. The fourth-order valence-corrected chi connectivity index (χ4v) is 6.12. The van der Waals surface area contributed by atoms with E-state index < -0.39 is 11.9 Å². The van der Waals surface area contributed by atoms with Crippen LogP contribution in [0.5, 0.6) is 0 Å². The van der Waals surface area contributed by atoms with Crippen LogP contribution in [-0.2, 0) is 9.59 Å². The number of hydrogen-bond acceptors (Lipinski definition) is 3. The van der Waals surface area contributed by atoms with Crippen LogP contribution in [0.2, 0.25) is 0 Å². The van der Waals surface area contributed by atoms with E-state index in [1.165, 1.54) is 5.57 Å². The largest absolute Gasteiger partial charge is 0.481 e. The zero-order valence-electron chi connectivity index (χ0n) is 14.4. The summed E-state index contributed by atoms with van der Waals surface area (Å²) in [6.45, 7) is 4.34. The second-order valence-electron chi connectivity index (χ2n) is 8.71. The highest BCUT2D eigenvalue weighted by Gasteiger charge is 2.56. The van der Waals surface area contributed by atoms with Gasteiger partial charge >= 0.3 is 5.97 Å². The average molecular weight is 330 g/mol. The van der Waals surface area contributed by atoms with Crippen LogP contribution in [0, 0.1) is 28.6 Å². The van der Waals surface area contributed by atoms with E-state index in [1.54, 1.807) is 6.08 Å². The average Bonchev–Trinajstić information content (AvgIpc) is 2.83. The van der Waals surface area contributed by atoms with Gasteiger partial charge < -0.3 is 10.2 Å². The van der Waals surface area contributed by atoms with Crippen molar-refractivity contribution in [2.45, 2.75) is 58.5 Å². The highest BCUT2D eigenvalue weighted by atomic mass is 16.4. The Bertz CT molecular complexity index is 675. The summed E-state index contributed by atoms with van der Waals surface area (Å²) < 4.78 is 0. The predicted octanol–water partition coefficient (Wildman–Crippen LogP) is 3.11. The number of allylic oxidation sites excluding steroid dienone is 4. The van der Waals surface area contributed by atoms with Gasteiger partial charge in [-0.1, -0.05) is 31.1 Å². The smallest absolute Gasteiger partial charge is 0.314 e. The van der Waals surface area contributed by atoms with Crippen LogP contribution in [0.4, 0.5) is 0 Å². The van der Waals surface area contributed by atoms with E-state index in [4.69, 9.17) is 0 Å². The van der Waals surface area contributed by atoms with Crippen LogP contribution < -0.4 is 0 Å². The molecule has 0 aromatic carbocycles. The zero-order chi connectivity index (χ0) is 17.3. The Morgan fingerprint density at radius 2 is 2.00 bits per heavy atom. The molecule has 0 radical (unpaired) electrons. The molecule has 4 nitrogen and oxygen atoms in total. The van der Waals surface area contributed by atoms with Crippen LogP contribution in [0.3, 0.4) is 0 Å². The first-order chi connectivity index (χ1) is 11.3. The Kier molecular flexibility index (Phi) is 3.38. The lowest BCUT2D eigenvalue weighted by Crippen LogP contribution is -2.47. The number of aliphatic carboxylic acids is 1. The Labute approximate surface area is 142 Å². The Balaban J connectivity index is 1.76. The first-order valence-electron chi connectivity index (χ1n) is 9.13. The van der Waals surface area contributed by atoms with Gasteiger partial charge in [0.25, 0.3) is 0 Å². The standard InChI is InChI=1S/C20H26O4/c1-19-8-7-15-12(14(19)5-6-17(19)22)4-3-11-9-16(21)13(18(23)24)10-20(11,15)2/h7,9,12-14,17,22H,3-6,8,10H2,1-2H3,(H,23,24)/t12-,13?,14-,17?,19-,20-/m0/s1. The van der Waals surface area contributed by atoms with E-state index in [0.717, 1.165) is 37.7 Å². The zero-order valence-corrected chi connectivity index (χ0v) is 14.4. The van der Waals surface area contributed by atoms with E-state index in [1.807, 2.05) is 0 Å². The van der Waals surface area contributed by atoms with Crippen LogP contribution in [0.25, 0.3) is 0 Å². The lowest BCUT2D eigenvalue weighted by molar-refractivity contribution is -0.146. The molecule has 0 aliphatic heterocycles. The summed E-state index contributed by atoms with van der Waals surface area (Å²) in [6.07, 6.45) is 8.73. The molecule has 0 bridgehead atoms. The second kappa shape index (κ2) is 5.04. The number of ketones is 1. The van der Waals surface area contributed by atoms with Crippen molar-refractivity contribution in [3.05, 3.63) is 23.3 Å². The van der Waals surface area contributed by atoms with Crippen LogP contribution in [0.1, 0.15) is 52.4 Å². The lowest BCUT2D eigenvalue weighted by Gasteiger charge is -2.53. The molecule has 24 heavy (non-hydrogen) atoms. The van der Waals surface area contributed by atoms with Gasteiger partial charge in [0.2, 0.25) is 0 Å². The van der Waals surface area contributed by atoms with Crippen molar-refractivity contribution in [1.29, 1.82) is 0 Å². The molecule has 2 saturated carbocycles. The minimum atomic E-state index is -1.00. The molecule has 4 heteroatoms. The molecule has 4 aliphatic rings. The molecule has 2 unspecified atom stereocenters. The van der Waals surface area contributed by atoms with Crippen LogP contribution >= 0.6 is 0 Å². The molecule has 0 aromatic rings. The summed E-state index contributed by atoms with van der Waals surface area (Å²) in [7, 11) is 0. The van der Waals surface area contributed by atoms with Gasteiger partial charge in [-0.05, 0) is 56.4 Å². The number of carbonyl (C=O) groups excluding carboxylic acids is 1. The van der Waals surface area contributed by atoms with Crippen LogP contribution in [-0.4, -0.2) is 28.1 Å². The van der Waals surface area contributed by atoms with Crippen molar-refractivity contribution in [1.82, 2.24) is 0 Å². The molecule has 130 valence electrons. The highest BCUT2D eigenvalue weighted by molar-refractivity contribution is 6.06. The fourth-order valence-electron chi connectivity index (χ4n) is 6.12. The number of aliphatic hydroxyl groups is 1. The maximum atomic E-state index is 12.2. The normalized spacial score (nSPS) is 47.2. The third-order valence-corrected chi connectivity index (χ3v) is 7.65. The molecule has 0 saturated heterocycles. The van der Waals surface area contributed by atoms with Crippen molar-refractivity contribution in [3.8, 4) is 0 Å². The Morgan fingerprint density at radius 3 is 2.71 bits per heavy atom. The third-order valence-electron chi connectivity index (χ3n) is 7.65. The number of fused-ring (bicyclic) bond motifs is 5. The minimum absolute atomic E-state index is 0.0393. The maximum absolute atomic E-state index is 12.2. The number of rotatable bonds is 1. The molecule has 2 fully saturated rings. The van der Waals surface area contributed by atoms with E-state index in [0.29, 0.717) is 18.3 Å². The van der Waals surface area contributed by atoms with Crippen molar-refractivity contribution in [3.63, 3.8) is 0 Å². The summed E-state index contributed by atoms with van der Waals surface area (Å²) in [4.78, 5) is 23.7. The van der Waals surface area contributed by atoms with Crippen molar-refractivity contribution in [2.24, 2.45) is 28.6 Å². The summed E-state index contributed by atoms with van der Waals surface area (Å²) in [5, 5.41) is 19.9. The summed E-state index contributed by atoms with van der Waals surface area (Å²) in [5.74, 6) is -1.26. The van der Waals surface area contributed by atoms with E-state index in [9.17, 15) is 19.8 Å². The summed E-state index contributed by atoms with van der Waals surface area (Å²) in [6, 6.07) is 0. The van der Waals surface area contributed by atoms with E-state index in [-0.39, 0.29) is 22.7 Å². The SMILES string of the molecule is C[C@]12CC(C(=O)O)C(=O)C=C1CC[C@@H]1C2=CC[C@]2(C)C(O)CC[C@@H]12. The van der Waals surface area contributed by atoms with Gasteiger partial charge in [0, 0.05) is 10.8 Å². The number of hydrogen-bond donors (Lipinski definition) is 2. The van der Waals surface area contributed by atoms with Gasteiger partial charge in [-0.25, -0.2) is 0 Å². The number of aliphatic hydroxyl groups excluding tert-OH is 1. The molecule has 4 rings (SSSR count). The molecule has 2 N–H and O–H groups in total. The first-order valence-corrected chi connectivity index (χ1v) is 9.13. The molecule has 0 spiro atoms. The molecule has 4 aliphatic carbocycles. The van der Waals surface area contributed by atoms with E-state index >= 15 is 0 Å². The first kappa shape index (κ1) is 16.1. The molecule has 0 aromatic heterocycles. The highest BCUT2D eigenvalue weighted by Crippen LogP contribution is 2.63. The number of carboxylic acids is 1. The topological polar surface area (TPSA) is 74.6 Å². The Hall–Kier alpha value is -1.42. The Morgan fingerprint density at radius 1 is 1.25 bits per heavy atom. The van der Waals surface area contributed by atoms with Gasteiger partial charge in [0.15, 0.2) is 5.78 Å². The number of carbonyl (C=O) groups is 2. The molecule has 0 amide bonds. The predicted molar refractivity (Wildman–Crippen MR) is 89.2 cm³/mol. The minimum Gasteiger partial charge on any atom is -0.481 e. The monoisotopic (exact) mass is 330 g/mol. The second-order valence-corrected chi connectivity index (χ2v) is 8.71. The molecular formula is C20H26O4. The molecular weight excluding hydrogens is 304 g/mol. The van der Waals surface area contributed by atoms with Gasteiger partial charge in [0.05, 0.1) is 6.10 Å². The van der Waals surface area contributed by atoms with Gasteiger partial charge in [-0.3, -0.25) is 9.59 Å².